The molecule has 2 aliphatic rings. The maximum atomic E-state index is 8.13. The molecule has 0 bridgehead atoms. The minimum atomic E-state index is -2.23. The number of rotatable bonds is 4. The first-order valence-corrected chi connectivity index (χ1v) is 16.4. The van der Waals surface area contributed by atoms with Crippen molar-refractivity contribution < 1.29 is 4.11 Å². The molecule has 2 aliphatic heterocycles. The molecule has 46 heavy (non-hydrogen) atoms. The third-order valence-corrected chi connectivity index (χ3v) is 9.79. The van der Waals surface area contributed by atoms with Crippen LogP contribution in [-0.2, 0) is 5.41 Å². The second-order valence-corrected chi connectivity index (χ2v) is 14.0. The van der Waals surface area contributed by atoms with Gasteiger partial charge in [0.2, 0.25) is 0 Å². The Bertz CT molecular complexity index is 2210. The van der Waals surface area contributed by atoms with Crippen LogP contribution in [-0.4, -0.2) is 18.6 Å². The monoisotopic (exact) mass is 619 g/mol. The summed E-state index contributed by atoms with van der Waals surface area (Å²) in [6, 6.07) is 44.3. The van der Waals surface area contributed by atoms with Crippen molar-refractivity contribution in [2.45, 2.75) is 36.0 Å². The van der Waals surface area contributed by atoms with Crippen molar-refractivity contribution in [3.05, 3.63) is 139 Å². The van der Waals surface area contributed by atoms with E-state index in [2.05, 4.69) is 122 Å². The van der Waals surface area contributed by atoms with E-state index in [9.17, 15) is 0 Å². The zero-order chi connectivity index (χ0) is 33.9. The lowest BCUT2D eigenvalue weighted by Gasteiger charge is -2.28. The number of hydrogen-bond acceptors (Lipinski definition) is 5. The van der Waals surface area contributed by atoms with Crippen LogP contribution in [0.1, 0.15) is 30.4 Å². The Hall–Kier alpha value is -5.00. The molecule has 4 nitrogen and oxygen atoms in total. The molecule has 3 heterocycles. The van der Waals surface area contributed by atoms with E-state index in [1.165, 1.54) is 21.6 Å². The van der Waals surface area contributed by atoms with Gasteiger partial charge in [-0.3, -0.25) is 4.90 Å². The van der Waals surface area contributed by atoms with E-state index in [0.29, 0.717) is 0 Å². The van der Waals surface area contributed by atoms with E-state index in [-0.39, 0.29) is 12.1 Å². The number of benzene rings is 5. The van der Waals surface area contributed by atoms with Gasteiger partial charge in [0, 0.05) is 43.9 Å². The van der Waals surface area contributed by atoms with Gasteiger partial charge < -0.3 is 9.80 Å². The highest BCUT2D eigenvalue weighted by atomic mass is 32.2. The normalized spacial score (nSPS) is 14.8. The van der Waals surface area contributed by atoms with Gasteiger partial charge in [0.25, 0.3) is 0 Å². The molecule has 0 saturated carbocycles. The van der Waals surface area contributed by atoms with Gasteiger partial charge in [-0.05, 0) is 82.8 Å². The summed E-state index contributed by atoms with van der Waals surface area (Å²) in [5, 5.41) is 0. The summed E-state index contributed by atoms with van der Waals surface area (Å²) in [5.41, 5.74) is 10.6. The number of para-hydroxylation sites is 3. The van der Waals surface area contributed by atoms with Crippen molar-refractivity contribution >= 4 is 46.0 Å². The van der Waals surface area contributed by atoms with E-state index in [1.807, 2.05) is 42.6 Å². The van der Waals surface area contributed by atoms with Crippen LogP contribution in [0.2, 0.25) is 0 Å². The number of fused-ring (bicyclic) bond motifs is 6. The number of pyridine rings is 1. The van der Waals surface area contributed by atoms with Gasteiger partial charge >= 0.3 is 0 Å². The summed E-state index contributed by atoms with van der Waals surface area (Å²) < 4.78 is 24.4. The second-order valence-electron chi connectivity index (χ2n) is 12.8. The topological polar surface area (TPSA) is 22.6 Å². The van der Waals surface area contributed by atoms with Gasteiger partial charge in [-0.15, -0.1) is 0 Å². The lowest BCUT2D eigenvalue weighted by molar-refractivity contribution is 0.589. The fourth-order valence-corrected chi connectivity index (χ4v) is 7.41. The minimum absolute atomic E-state index is 0.0338. The lowest BCUT2D eigenvalue weighted by atomic mass is 9.87. The summed E-state index contributed by atoms with van der Waals surface area (Å²) in [7, 11) is 0. The molecule has 0 saturated heterocycles. The first-order chi connectivity index (χ1) is 23.6. The fraction of sp³-hybridized carbons (Fsp3) is 0.146. The van der Waals surface area contributed by atoms with Crippen LogP contribution in [0.4, 0.5) is 34.3 Å². The van der Waals surface area contributed by atoms with Gasteiger partial charge in [-0.2, -0.15) is 0 Å². The Morgan fingerprint density at radius 2 is 1.30 bits per heavy atom. The van der Waals surface area contributed by atoms with Crippen LogP contribution in [0.3, 0.4) is 0 Å². The molecule has 0 aliphatic carbocycles. The predicted molar refractivity (Wildman–Crippen MR) is 194 cm³/mol. The predicted octanol–water partition coefficient (Wildman–Crippen LogP) is 11.2. The Kier molecular flexibility index (Phi) is 6.09. The molecule has 6 aromatic rings. The molecule has 226 valence electrons. The highest BCUT2D eigenvalue weighted by Gasteiger charge is 2.28. The van der Waals surface area contributed by atoms with E-state index < -0.39 is 6.98 Å². The largest absolute Gasteiger partial charge is 0.355 e. The highest BCUT2D eigenvalue weighted by Crippen LogP contribution is 2.51. The molecule has 5 heteroatoms. The van der Waals surface area contributed by atoms with Crippen molar-refractivity contribution in [1.29, 1.82) is 0 Å². The maximum Gasteiger partial charge on any atom is 0.137 e. The van der Waals surface area contributed by atoms with Crippen molar-refractivity contribution in [2.75, 3.05) is 28.3 Å². The van der Waals surface area contributed by atoms with E-state index in [4.69, 9.17) is 9.10 Å². The van der Waals surface area contributed by atoms with Crippen molar-refractivity contribution in [3.8, 4) is 22.3 Å². The number of anilines is 6. The van der Waals surface area contributed by atoms with Crippen LogP contribution in [0, 0.1) is 0 Å². The standard InChI is InChI=1S/C41H36N4S/c1-41(2,3)28-22-23-42-40(24-28)45-36-17-8-7-16-34(36)32-14-5-6-15-33(32)35-21-20-31(26-39(35)45)46-30-13-11-12-29(25-30)44-27-43(4)37-18-9-10-19-38(37)44/h5-26H,27H2,1-4H3/i4D3. The number of aromatic nitrogens is 1. The average Bonchev–Trinajstić information content (AvgIpc) is 3.44. The molecule has 5 aromatic carbocycles. The first kappa shape index (κ1) is 25.2. The van der Waals surface area contributed by atoms with Crippen LogP contribution >= 0.6 is 11.8 Å². The quantitative estimate of drug-likeness (QED) is 0.195. The summed E-state index contributed by atoms with van der Waals surface area (Å²) in [4.78, 5) is 13.0. The Labute approximate surface area is 280 Å². The van der Waals surface area contributed by atoms with Gasteiger partial charge in [-0.25, -0.2) is 4.98 Å². The molecule has 0 N–H and O–H groups in total. The summed E-state index contributed by atoms with van der Waals surface area (Å²) in [6.07, 6.45) is 1.92. The number of hydrogen-bond donors (Lipinski definition) is 0. The van der Waals surface area contributed by atoms with Crippen LogP contribution < -0.4 is 14.7 Å². The zero-order valence-electron chi connectivity index (χ0n) is 29.1. The zero-order valence-corrected chi connectivity index (χ0v) is 26.9. The van der Waals surface area contributed by atoms with E-state index >= 15 is 0 Å². The Morgan fingerprint density at radius 3 is 2.07 bits per heavy atom. The summed E-state index contributed by atoms with van der Waals surface area (Å²) in [6.45, 7) is 4.73. The molecular weight excluding hydrogens is 581 g/mol. The average molecular weight is 620 g/mol. The molecular formula is C41H36N4S. The van der Waals surface area contributed by atoms with Gasteiger partial charge in [-0.1, -0.05) is 99.3 Å². The molecule has 0 fully saturated rings. The lowest BCUT2D eigenvalue weighted by Crippen LogP contribution is -2.23. The van der Waals surface area contributed by atoms with Crippen molar-refractivity contribution in [2.24, 2.45) is 0 Å². The van der Waals surface area contributed by atoms with Gasteiger partial charge in [0.1, 0.15) is 5.82 Å². The van der Waals surface area contributed by atoms with Crippen molar-refractivity contribution in [3.63, 3.8) is 0 Å². The molecule has 1 aromatic heterocycles. The highest BCUT2D eigenvalue weighted by molar-refractivity contribution is 7.99. The van der Waals surface area contributed by atoms with Gasteiger partial charge in [0.05, 0.1) is 29.4 Å². The second kappa shape index (κ2) is 11.1. The van der Waals surface area contributed by atoms with Crippen molar-refractivity contribution in [1.82, 2.24) is 4.98 Å². The van der Waals surface area contributed by atoms with E-state index in [0.717, 1.165) is 55.2 Å². The summed E-state index contributed by atoms with van der Waals surface area (Å²) in [5.74, 6) is 0.879. The summed E-state index contributed by atoms with van der Waals surface area (Å²) >= 11 is 1.70. The Balaban J connectivity index is 1.23. The third kappa shape index (κ3) is 4.92. The van der Waals surface area contributed by atoms with Crippen LogP contribution in [0.25, 0.3) is 22.3 Å². The SMILES string of the molecule is [2H]C([2H])([2H])N1CN(c2cccc(Sc3ccc4c(c3)N(c3cc(C(C)(C)C)ccn3)c3ccccc3-c3ccccc3-4)c2)c2ccccc21. The maximum absolute atomic E-state index is 8.13. The molecule has 0 atom stereocenters. The third-order valence-electron chi connectivity index (χ3n) is 8.81. The molecule has 0 amide bonds. The fourth-order valence-electron chi connectivity index (χ4n) is 6.51. The van der Waals surface area contributed by atoms with E-state index in [1.54, 1.807) is 11.8 Å². The number of nitrogens with zero attached hydrogens (tertiary/aromatic N) is 4. The van der Waals surface area contributed by atoms with Crippen LogP contribution in [0.15, 0.2) is 143 Å². The molecule has 8 rings (SSSR count). The Morgan fingerprint density at radius 1 is 0.630 bits per heavy atom. The van der Waals surface area contributed by atoms with Crippen LogP contribution in [0.5, 0.6) is 0 Å². The first-order valence-electron chi connectivity index (χ1n) is 17.1. The minimum Gasteiger partial charge on any atom is -0.355 e. The van der Waals surface area contributed by atoms with Gasteiger partial charge in [0.15, 0.2) is 0 Å². The molecule has 0 spiro atoms. The molecule has 0 unspecified atom stereocenters. The molecule has 0 radical (unpaired) electrons. The smallest absolute Gasteiger partial charge is 0.137 e.